The second kappa shape index (κ2) is 8.68. The van der Waals surface area contributed by atoms with Crippen molar-refractivity contribution in [3.8, 4) is 0 Å². The quantitative estimate of drug-likeness (QED) is 0.711. The number of anilines is 1. The summed E-state index contributed by atoms with van der Waals surface area (Å²) in [6.45, 7) is 6.99. The Labute approximate surface area is 172 Å². The Balaban J connectivity index is 1.74. The number of pyridine rings is 1. The van der Waals surface area contributed by atoms with Crippen LogP contribution in [0.1, 0.15) is 56.3 Å². The molecule has 0 aromatic carbocycles. The van der Waals surface area contributed by atoms with Gasteiger partial charge < -0.3 is 14.5 Å². The van der Waals surface area contributed by atoms with E-state index in [9.17, 15) is 9.59 Å². The van der Waals surface area contributed by atoms with Crippen LogP contribution in [0.15, 0.2) is 12.3 Å². The summed E-state index contributed by atoms with van der Waals surface area (Å²) >= 11 is 6.53. The van der Waals surface area contributed by atoms with E-state index in [1.807, 2.05) is 18.7 Å². The van der Waals surface area contributed by atoms with Gasteiger partial charge in [0.15, 0.2) is 0 Å². The highest BCUT2D eigenvalue weighted by Gasteiger charge is 2.40. The number of nitrogens with zero attached hydrogens (tertiary/aromatic N) is 3. The second-order valence-corrected chi connectivity index (χ2v) is 8.79. The lowest BCUT2D eigenvalue weighted by Gasteiger charge is -2.40. The molecule has 1 unspecified atom stereocenters. The van der Waals surface area contributed by atoms with E-state index in [4.69, 9.17) is 16.3 Å². The van der Waals surface area contributed by atoms with E-state index in [1.54, 1.807) is 12.3 Å². The van der Waals surface area contributed by atoms with E-state index in [0.29, 0.717) is 22.9 Å². The topological polar surface area (TPSA) is 62.7 Å². The molecule has 154 valence electrons. The first kappa shape index (κ1) is 20.9. The predicted molar refractivity (Wildman–Crippen MR) is 110 cm³/mol. The van der Waals surface area contributed by atoms with Gasteiger partial charge in [0, 0.05) is 32.4 Å². The lowest BCUT2D eigenvalue weighted by molar-refractivity contribution is -0.154. The molecular formula is C21H30ClN3O3. The van der Waals surface area contributed by atoms with Gasteiger partial charge >= 0.3 is 5.97 Å². The van der Waals surface area contributed by atoms with Crippen molar-refractivity contribution < 1.29 is 14.3 Å². The van der Waals surface area contributed by atoms with E-state index in [0.717, 1.165) is 45.3 Å². The molecule has 28 heavy (non-hydrogen) atoms. The number of carbonyl (C=O) groups excluding carboxylic acids is 2. The number of likely N-dealkylation sites (tertiary alicyclic amines) is 1. The van der Waals surface area contributed by atoms with E-state index >= 15 is 0 Å². The van der Waals surface area contributed by atoms with E-state index in [2.05, 4.69) is 9.88 Å². The monoisotopic (exact) mass is 407 g/mol. The van der Waals surface area contributed by atoms with Crippen LogP contribution < -0.4 is 4.90 Å². The van der Waals surface area contributed by atoms with Crippen molar-refractivity contribution in [2.24, 2.45) is 11.3 Å². The Morgan fingerprint density at radius 1 is 1.18 bits per heavy atom. The largest absolute Gasteiger partial charge is 0.469 e. The lowest BCUT2D eigenvalue weighted by Crippen LogP contribution is -2.45. The number of methoxy groups -OCH3 is 1. The molecule has 2 saturated heterocycles. The van der Waals surface area contributed by atoms with Crippen LogP contribution in [0.2, 0.25) is 5.02 Å². The van der Waals surface area contributed by atoms with E-state index < -0.39 is 5.41 Å². The average molecular weight is 408 g/mol. The molecule has 1 aromatic rings. The summed E-state index contributed by atoms with van der Waals surface area (Å²) in [7, 11) is 1.43. The summed E-state index contributed by atoms with van der Waals surface area (Å²) in [6, 6.07) is 1.73. The van der Waals surface area contributed by atoms with Crippen LogP contribution in [0.3, 0.4) is 0 Å². The summed E-state index contributed by atoms with van der Waals surface area (Å²) in [4.78, 5) is 33.4. The van der Waals surface area contributed by atoms with Crippen LogP contribution in [0.25, 0.3) is 0 Å². The number of hydrogen-bond donors (Lipinski definition) is 0. The third-order valence-corrected chi connectivity index (χ3v) is 6.44. The van der Waals surface area contributed by atoms with Crippen molar-refractivity contribution in [2.45, 2.75) is 46.0 Å². The van der Waals surface area contributed by atoms with Crippen LogP contribution in [0, 0.1) is 11.3 Å². The molecule has 2 aliphatic heterocycles. The van der Waals surface area contributed by atoms with E-state index in [-0.39, 0.29) is 17.8 Å². The maximum Gasteiger partial charge on any atom is 0.311 e. The normalized spacial score (nSPS) is 20.8. The molecule has 6 nitrogen and oxygen atoms in total. The minimum absolute atomic E-state index is 0.00370. The number of ether oxygens (including phenoxy) is 1. The third kappa shape index (κ3) is 4.27. The maximum absolute atomic E-state index is 12.7. The first-order valence-electron chi connectivity index (χ1n) is 10.1. The zero-order valence-electron chi connectivity index (χ0n) is 17.0. The maximum atomic E-state index is 12.7. The zero-order chi connectivity index (χ0) is 20.3. The predicted octanol–water partition coefficient (Wildman–Crippen LogP) is 3.78. The average Bonchev–Trinajstić information content (AvgIpc) is 2.73. The van der Waals surface area contributed by atoms with Gasteiger partial charge in [0.25, 0.3) is 5.91 Å². The first-order chi connectivity index (χ1) is 13.3. The third-order valence-electron chi connectivity index (χ3n) is 6.17. The lowest BCUT2D eigenvalue weighted by atomic mass is 9.74. The molecule has 7 heteroatoms. The Kier molecular flexibility index (Phi) is 6.48. The van der Waals surface area contributed by atoms with Crippen LogP contribution in [-0.2, 0) is 9.53 Å². The van der Waals surface area contributed by atoms with Gasteiger partial charge in [-0.3, -0.25) is 9.59 Å². The molecule has 3 heterocycles. The fourth-order valence-corrected chi connectivity index (χ4v) is 4.53. The van der Waals surface area contributed by atoms with Crippen molar-refractivity contribution >= 4 is 29.3 Å². The first-order valence-corrected chi connectivity index (χ1v) is 10.5. The summed E-state index contributed by atoms with van der Waals surface area (Å²) in [6.07, 6.45) is 6.83. The van der Waals surface area contributed by atoms with Crippen molar-refractivity contribution in [3.63, 3.8) is 0 Å². The minimum atomic E-state index is -0.565. The van der Waals surface area contributed by atoms with Gasteiger partial charge in [-0.25, -0.2) is 4.98 Å². The van der Waals surface area contributed by atoms with Gasteiger partial charge in [-0.05, 0) is 57.9 Å². The molecule has 0 bridgehead atoms. The Morgan fingerprint density at radius 3 is 2.54 bits per heavy atom. The number of aromatic nitrogens is 1. The molecule has 2 fully saturated rings. The Hall–Kier alpha value is -1.82. The number of esters is 1. The molecule has 2 aliphatic rings. The molecule has 3 rings (SSSR count). The number of amides is 1. The highest BCUT2D eigenvalue weighted by molar-refractivity contribution is 6.33. The summed E-state index contributed by atoms with van der Waals surface area (Å²) in [5, 5.41) is 0.486. The number of piperidine rings is 2. The van der Waals surface area contributed by atoms with Gasteiger partial charge in [-0.15, -0.1) is 0 Å². The summed E-state index contributed by atoms with van der Waals surface area (Å²) in [5.41, 5.74) is -0.0246. The standard InChI is InChI=1S/C21H30ClN3O3/c1-21(2,20(27)28-3)16-8-7-11-25(14-16)18-17(22)12-15(13-23-18)19(26)24-9-5-4-6-10-24/h12-13,16H,4-11,14H2,1-3H3. The van der Waals surface area contributed by atoms with Crippen LogP contribution in [0.5, 0.6) is 0 Å². The minimum Gasteiger partial charge on any atom is -0.469 e. The van der Waals surface area contributed by atoms with E-state index in [1.165, 1.54) is 13.5 Å². The molecule has 0 spiro atoms. The van der Waals surface area contributed by atoms with Gasteiger partial charge in [-0.2, -0.15) is 0 Å². The number of halogens is 1. The number of carbonyl (C=O) groups is 2. The van der Waals surface area contributed by atoms with Crippen molar-refractivity contribution in [2.75, 3.05) is 38.2 Å². The molecule has 0 N–H and O–H groups in total. The zero-order valence-corrected chi connectivity index (χ0v) is 17.8. The molecule has 0 saturated carbocycles. The fourth-order valence-electron chi connectivity index (χ4n) is 4.25. The number of hydrogen-bond acceptors (Lipinski definition) is 5. The summed E-state index contributed by atoms with van der Waals surface area (Å²) in [5.74, 6) is 0.647. The second-order valence-electron chi connectivity index (χ2n) is 8.38. The van der Waals surface area contributed by atoms with Crippen LogP contribution >= 0.6 is 11.6 Å². The molecule has 1 amide bonds. The smallest absolute Gasteiger partial charge is 0.311 e. The highest BCUT2D eigenvalue weighted by atomic mass is 35.5. The van der Waals surface area contributed by atoms with Gasteiger partial charge in [0.1, 0.15) is 5.82 Å². The molecule has 0 aliphatic carbocycles. The Bertz CT molecular complexity index is 732. The summed E-state index contributed by atoms with van der Waals surface area (Å²) < 4.78 is 4.99. The molecule has 1 aromatic heterocycles. The highest BCUT2D eigenvalue weighted by Crippen LogP contribution is 2.37. The van der Waals surface area contributed by atoms with Crippen LogP contribution in [-0.4, -0.2) is 55.0 Å². The molecule has 1 atom stereocenters. The van der Waals surface area contributed by atoms with Crippen molar-refractivity contribution in [1.82, 2.24) is 9.88 Å². The number of rotatable bonds is 4. The van der Waals surface area contributed by atoms with Gasteiger partial charge in [-0.1, -0.05) is 11.6 Å². The molecular weight excluding hydrogens is 378 g/mol. The Morgan fingerprint density at radius 2 is 1.89 bits per heavy atom. The van der Waals surface area contributed by atoms with Gasteiger partial charge in [0.05, 0.1) is 23.1 Å². The molecule has 0 radical (unpaired) electrons. The fraction of sp³-hybridized carbons (Fsp3) is 0.667. The van der Waals surface area contributed by atoms with Gasteiger partial charge in [0.2, 0.25) is 0 Å². The van der Waals surface area contributed by atoms with Crippen LogP contribution in [0.4, 0.5) is 5.82 Å². The van der Waals surface area contributed by atoms with Crippen molar-refractivity contribution in [3.05, 3.63) is 22.8 Å². The van der Waals surface area contributed by atoms with Crippen molar-refractivity contribution in [1.29, 1.82) is 0 Å². The SMILES string of the molecule is COC(=O)C(C)(C)C1CCCN(c2ncc(C(=O)N3CCCCC3)cc2Cl)C1.